The van der Waals surface area contributed by atoms with E-state index in [1.54, 1.807) is 33.2 Å². The fourth-order valence-corrected chi connectivity index (χ4v) is 5.81. The number of amides is 2. The highest BCUT2D eigenvalue weighted by atomic mass is 32.1. The second kappa shape index (κ2) is 12.4. The maximum absolute atomic E-state index is 13.1. The molecule has 2 amide bonds. The van der Waals surface area contributed by atoms with Crippen LogP contribution in [0.3, 0.4) is 0 Å². The number of hydrogen-bond donors (Lipinski definition) is 1. The van der Waals surface area contributed by atoms with Crippen molar-refractivity contribution in [2.75, 3.05) is 11.4 Å². The Labute approximate surface area is 257 Å². The van der Waals surface area contributed by atoms with Gasteiger partial charge in [-0.05, 0) is 62.4 Å². The van der Waals surface area contributed by atoms with Crippen molar-refractivity contribution in [3.63, 3.8) is 0 Å². The van der Waals surface area contributed by atoms with Crippen LogP contribution in [-0.2, 0) is 22.7 Å². The summed E-state index contributed by atoms with van der Waals surface area (Å²) in [5, 5.41) is 18.2. The maximum Gasteiger partial charge on any atom is 0.416 e. The number of carbonyl (C=O) groups is 2. The van der Waals surface area contributed by atoms with Gasteiger partial charge in [0.25, 0.3) is 0 Å². The molecule has 0 aliphatic rings. The minimum Gasteiger partial charge on any atom is -0.530 e. The molecule has 1 atom stereocenters. The number of ether oxygens (including phenoxy) is 1. The molecule has 1 N–H and O–H groups in total. The number of benzene rings is 2. The zero-order chi connectivity index (χ0) is 32.4. The number of carboxylic acid groups (broad SMARTS) is 1. The van der Waals surface area contributed by atoms with Gasteiger partial charge in [-0.15, -0.1) is 0 Å². The molecule has 0 saturated carbocycles. The van der Waals surface area contributed by atoms with E-state index in [-0.39, 0.29) is 13.0 Å². The summed E-state index contributed by atoms with van der Waals surface area (Å²) in [6, 6.07) is 11.2. The van der Waals surface area contributed by atoms with Crippen LogP contribution in [0.1, 0.15) is 58.4 Å². The van der Waals surface area contributed by atoms with E-state index in [0.29, 0.717) is 21.3 Å². The summed E-state index contributed by atoms with van der Waals surface area (Å²) in [6.45, 7) is 10.5. The van der Waals surface area contributed by atoms with Gasteiger partial charge in [-0.25, -0.2) is 9.78 Å². The van der Waals surface area contributed by atoms with Crippen LogP contribution in [0.4, 0.5) is 27.8 Å². The van der Waals surface area contributed by atoms with Gasteiger partial charge in [-0.1, -0.05) is 56.4 Å². The summed E-state index contributed by atoms with van der Waals surface area (Å²) in [4.78, 5) is 35.5. The summed E-state index contributed by atoms with van der Waals surface area (Å²) < 4.78 is 44.8. The van der Waals surface area contributed by atoms with Crippen LogP contribution in [0.2, 0.25) is 0 Å². The van der Waals surface area contributed by atoms with E-state index < -0.39 is 41.0 Å². The lowest BCUT2D eigenvalue weighted by Crippen LogP contribution is -2.51. The number of halogens is 3. The van der Waals surface area contributed by atoms with Crippen molar-refractivity contribution in [2.45, 2.75) is 71.2 Å². The first-order valence-corrected chi connectivity index (χ1v) is 14.7. The average molecular weight is 628 g/mol. The third-order valence-corrected chi connectivity index (χ3v) is 7.69. The Bertz CT molecular complexity index is 1640. The monoisotopic (exact) mass is 627 g/mol. The summed E-state index contributed by atoms with van der Waals surface area (Å²) in [6.07, 6.45) is -3.35. The van der Waals surface area contributed by atoms with Crippen LogP contribution in [0, 0.1) is 0 Å². The molecule has 0 radical (unpaired) electrons. The predicted molar refractivity (Wildman–Crippen MR) is 163 cm³/mol. The van der Waals surface area contributed by atoms with E-state index in [2.05, 4.69) is 10.3 Å². The van der Waals surface area contributed by atoms with E-state index in [1.807, 2.05) is 45.0 Å². The molecular formula is C32H34F3N4O4S-. The van der Waals surface area contributed by atoms with Gasteiger partial charge in [-0.3, -0.25) is 4.98 Å². The SMILES string of the molecule is CC(C)(C)OC(=O)N[C@@H](Cc1ccc(C(F)(F)F)cc1)CN(C(=O)[O-])c1sc(-c2ccc3cnccc3c2)nc1C(C)(C)C. The molecule has 0 aliphatic carbocycles. The number of hydrogen-bond acceptors (Lipinski definition) is 7. The van der Waals surface area contributed by atoms with Crippen molar-refractivity contribution in [1.29, 1.82) is 0 Å². The summed E-state index contributed by atoms with van der Waals surface area (Å²) in [5.41, 5.74) is -0.451. The van der Waals surface area contributed by atoms with Crippen molar-refractivity contribution in [1.82, 2.24) is 15.3 Å². The second-order valence-corrected chi connectivity index (χ2v) is 13.5. The maximum atomic E-state index is 13.1. The van der Waals surface area contributed by atoms with Crippen molar-refractivity contribution in [2.24, 2.45) is 0 Å². The molecule has 4 rings (SSSR count). The number of carbonyl (C=O) groups excluding carboxylic acids is 2. The van der Waals surface area contributed by atoms with E-state index >= 15 is 0 Å². The van der Waals surface area contributed by atoms with Crippen molar-refractivity contribution in [3.05, 3.63) is 77.7 Å². The summed E-state index contributed by atoms with van der Waals surface area (Å²) in [5.74, 6) is 0. The van der Waals surface area contributed by atoms with Crippen molar-refractivity contribution < 1.29 is 32.6 Å². The smallest absolute Gasteiger partial charge is 0.416 e. The van der Waals surface area contributed by atoms with Crippen LogP contribution in [-0.4, -0.2) is 40.3 Å². The van der Waals surface area contributed by atoms with Gasteiger partial charge in [0.1, 0.15) is 21.7 Å². The Morgan fingerprint density at radius 3 is 2.27 bits per heavy atom. The number of nitrogens with zero attached hydrogens (tertiary/aromatic N) is 3. The Hall–Kier alpha value is -4.19. The minimum atomic E-state index is -4.51. The largest absolute Gasteiger partial charge is 0.530 e. The van der Waals surface area contributed by atoms with Crippen molar-refractivity contribution >= 4 is 39.3 Å². The van der Waals surface area contributed by atoms with Gasteiger partial charge in [0.2, 0.25) is 0 Å². The van der Waals surface area contributed by atoms with E-state index in [4.69, 9.17) is 9.72 Å². The van der Waals surface area contributed by atoms with Gasteiger partial charge in [0.15, 0.2) is 0 Å². The molecule has 2 heterocycles. The van der Waals surface area contributed by atoms with Gasteiger partial charge in [0.05, 0.1) is 17.3 Å². The number of nitrogens with one attached hydrogen (secondary N) is 1. The molecular weight excluding hydrogens is 593 g/mol. The van der Waals surface area contributed by atoms with Crippen LogP contribution in [0.25, 0.3) is 21.3 Å². The molecule has 0 saturated heterocycles. The molecule has 44 heavy (non-hydrogen) atoms. The summed E-state index contributed by atoms with van der Waals surface area (Å²) >= 11 is 1.18. The lowest BCUT2D eigenvalue weighted by molar-refractivity contribution is -0.246. The number of pyridine rings is 1. The summed E-state index contributed by atoms with van der Waals surface area (Å²) in [7, 11) is 0. The zero-order valence-corrected chi connectivity index (χ0v) is 26.1. The number of alkyl carbamates (subject to hydrolysis) is 1. The molecule has 0 unspecified atom stereocenters. The Kier molecular flexibility index (Phi) is 9.24. The molecule has 0 bridgehead atoms. The normalized spacial score (nSPS) is 13.0. The van der Waals surface area contributed by atoms with E-state index in [9.17, 15) is 27.9 Å². The number of alkyl halides is 3. The molecule has 0 aliphatic heterocycles. The van der Waals surface area contributed by atoms with Crippen molar-refractivity contribution in [3.8, 4) is 10.6 Å². The van der Waals surface area contributed by atoms with Crippen LogP contribution >= 0.6 is 11.3 Å². The number of fused-ring (bicyclic) bond motifs is 1. The molecule has 8 nitrogen and oxygen atoms in total. The first-order chi connectivity index (χ1) is 20.4. The number of rotatable bonds is 7. The van der Waals surface area contributed by atoms with Gasteiger partial charge >= 0.3 is 12.3 Å². The molecule has 0 spiro atoms. The topological polar surface area (TPSA) is 107 Å². The van der Waals surface area contributed by atoms with Gasteiger partial charge in [0, 0.05) is 35.3 Å². The number of anilines is 1. The Morgan fingerprint density at radius 2 is 1.68 bits per heavy atom. The lowest BCUT2D eigenvalue weighted by atomic mass is 9.92. The molecule has 2 aromatic heterocycles. The van der Waals surface area contributed by atoms with E-state index in [1.165, 1.54) is 23.5 Å². The Morgan fingerprint density at radius 1 is 1.00 bits per heavy atom. The van der Waals surface area contributed by atoms with Crippen LogP contribution in [0.5, 0.6) is 0 Å². The quantitative estimate of drug-likeness (QED) is 0.237. The first-order valence-electron chi connectivity index (χ1n) is 13.9. The number of thiazole rings is 1. The third kappa shape index (κ3) is 8.25. The molecule has 234 valence electrons. The van der Waals surface area contributed by atoms with Crippen LogP contribution < -0.4 is 15.3 Å². The average Bonchev–Trinajstić information content (AvgIpc) is 3.36. The highest BCUT2D eigenvalue weighted by molar-refractivity contribution is 7.19. The lowest BCUT2D eigenvalue weighted by Gasteiger charge is -2.32. The fraction of sp³-hybridized carbons (Fsp3) is 0.375. The Balaban J connectivity index is 1.72. The first kappa shape index (κ1) is 32.7. The minimum absolute atomic E-state index is 0.0242. The number of aromatic nitrogens is 2. The second-order valence-electron chi connectivity index (χ2n) is 12.5. The fourth-order valence-electron chi connectivity index (χ4n) is 4.53. The van der Waals surface area contributed by atoms with E-state index in [0.717, 1.165) is 33.4 Å². The molecule has 0 fully saturated rings. The van der Waals surface area contributed by atoms with Gasteiger partial charge in [-0.2, -0.15) is 13.2 Å². The molecule has 4 aromatic rings. The van der Waals surface area contributed by atoms with Crippen LogP contribution in [0.15, 0.2) is 60.9 Å². The standard InChI is InChI=1S/C32H35F3N4O4S/c1-30(2,3)25-27(44-26(38-25)21-9-10-22-17-36-14-13-20(22)16-21)39(29(41)42)18-24(37-28(40)43-31(4,5)6)15-19-7-11-23(12-8-19)32(33,34)35/h7-14,16-17,24H,15,18H2,1-6H3,(H,37,40)(H,41,42)/p-1/t24-/m0/s1. The molecule has 12 heteroatoms. The third-order valence-electron chi connectivity index (χ3n) is 6.56. The highest BCUT2D eigenvalue weighted by Gasteiger charge is 2.32. The highest BCUT2D eigenvalue weighted by Crippen LogP contribution is 2.41. The zero-order valence-electron chi connectivity index (χ0n) is 25.3. The van der Waals surface area contributed by atoms with Gasteiger partial charge < -0.3 is 24.9 Å². The molecule has 2 aromatic carbocycles. The predicted octanol–water partition coefficient (Wildman–Crippen LogP) is 6.96.